The number of hydrogen-bond acceptors (Lipinski definition) is 4. The number of nitrogens with zero attached hydrogens (tertiary/aromatic N) is 1. The summed E-state index contributed by atoms with van der Waals surface area (Å²) in [5.74, 6) is 7.31. The summed E-state index contributed by atoms with van der Waals surface area (Å²) in [5.41, 5.74) is 5.47. The van der Waals surface area contributed by atoms with Crippen molar-refractivity contribution in [2.24, 2.45) is 5.84 Å². The lowest BCUT2D eigenvalue weighted by atomic mass is 9.91. The minimum absolute atomic E-state index is 0.228. The van der Waals surface area contributed by atoms with Gasteiger partial charge in [-0.25, -0.2) is 0 Å². The van der Waals surface area contributed by atoms with Gasteiger partial charge in [0.25, 0.3) is 0 Å². The lowest BCUT2D eigenvalue weighted by molar-refractivity contribution is 0.459. The van der Waals surface area contributed by atoms with Crippen LogP contribution in [0.3, 0.4) is 0 Å². The van der Waals surface area contributed by atoms with E-state index in [4.69, 9.17) is 5.84 Å². The predicted molar refractivity (Wildman–Crippen MR) is 79.0 cm³/mol. The van der Waals surface area contributed by atoms with Gasteiger partial charge in [-0.3, -0.25) is 16.3 Å². The quantitative estimate of drug-likeness (QED) is 0.662. The molecule has 98 valence electrons. The van der Waals surface area contributed by atoms with Crippen molar-refractivity contribution >= 4 is 11.8 Å². The molecule has 0 saturated heterocycles. The molecule has 1 aromatic heterocycles. The number of benzene rings is 1. The number of rotatable bonds is 4. The summed E-state index contributed by atoms with van der Waals surface area (Å²) in [6.45, 7) is 0. The minimum Gasteiger partial charge on any atom is -0.271 e. The predicted octanol–water partition coefficient (Wildman–Crippen LogP) is 2.35. The molecule has 1 aliphatic rings. The Morgan fingerprint density at radius 3 is 2.89 bits per heavy atom. The second-order valence-corrected chi connectivity index (χ2v) is 5.82. The minimum atomic E-state index is 0.228. The van der Waals surface area contributed by atoms with Crippen LogP contribution in [0.15, 0.2) is 53.6 Å². The topological polar surface area (TPSA) is 50.9 Å². The molecule has 0 saturated carbocycles. The van der Waals surface area contributed by atoms with Crippen LogP contribution in [0.2, 0.25) is 0 Å². The highest BCUT2D eigenvalue weighted by Crippen LogP contribution is 2.41. The first-order valence-electron chi connectivity index (χ1n) is 6.46. The molecule has 0 radical (unpaired) electrons. The highest BCUT2D eigenvalue weighted by molar-refractivity contribution is 7.99. The van der Waals surface area contributed by atoms with Gasteiger partial charge >= 0.3 is 0 Å². The molecule has 2 atom stereocenters. The Balaban J connectivity index is 1.81. The van der Waals surface area contributed by atoms with E-state index in [2.05, 4.69) is 40.7 Å². The third kappa shape index (κ3) is 2.66. The Morgan fingerprint density at radius 2 is 2.11 bits per heavy atom. The molecule has 1 aromatic carbocycles. The first kappa shape index (κ1) is 12.7. The van der Waals surface area contributed by atoms with E-state index in [0.29, 0.717) is 5.92 Å². The highest BCUT2D eigenvalue weighted by Gasteiger charge is 2.29. The second kappa shape index (κ2) is 5.74. The third-order valence-corrected chi connectivity index (χ3v) is 4.80. The van der Waals surface area contributed by atoms with Crippen LogP contribution in [0.4, 0.5) is 0 Å². The van der Waals surface area contributed by atoms with Gasteiger partial charge in [0.05, 0.1) is 0 Å². The Kier molecular flexibility index (Phi) is 3.82. The molecule has 0 bridgehead atoms. The van der Waals surface area contributed by atoms with Crippen LogP contribution in [-0.2, 0) is 6.42 Å². The molecule has 19 heavy (non-hydrogen) atoms. The first-order valence-corrected chi connectivity index (χ1v) is 7.45. The maximum absolute atomic E-state index is 5.77. The lowest BCUT2D eigenvalue weighted by Gasteiger charge is -2.22. The van der Waals surface area contributed by atoms with Gasteiger partial charge < -0.3 is 0 Å². The number of nitrogens with two attached hydrogens (primary N) is 1. The van der Waals surface area contributed by atoms with Crippen LogP contribution < -0.4 is 11.3 Å². The Bertz CT molecular complexity index is 544. The van der Waals surface area contributed by atoms with Crippen LogP contribution in [-0.4, -0.2) is 16.8 Å². The van der Waals surface area contributed by atoms with Crippen LogP contribution >= 0.6 is 11.8 Å². The molecular formula is C15H17N3S. The van der Waals surface area contributed by atoms with Crippen LogP contribution in [0.1, 0.15) is 17.2 Å². The molecule has 2 heterocycles. The van der Waals surface area contributed by atoms with Crippen molar-refractivity contribution in [2.45, 2.75) is 23.3 Å². The fraction of sp³-hybridized carbons (Fsp3) is 0.267. The Morgan fingerprint density at radius 1 is 1.26 bits per heavy atom. The van der Waals surface area contributed by atoms with Gasteiger partial charge in [0, 0.05) is 40.9 Å². The average molecular weight is 271 g/mol. The molecule has 3 rings (SSSR count). The molecule has 0 spiro atoms. The van der Waals surface area contributed by atoms with E-state index in [-0.39, 0.29) is 6.04 Å². The average Bonchev–Trinajstić information content (AvgIpc) is 2.90. The summed E-state index contributed by atoms with van der Waals surface area (Å²) in [6.07, 6.45) is 2.69. The van der Waals surface area contributed by atoms with Crippen molar-refractivity contribution < 1.29 is 0 Å². The Labute approximate surface area is 117 Å². The second-order valence-electron chi connectivity index (χ2n) is 4.75. The number of hydrogen-bond donors (Lipinski definition) is 2. The summed E-state index contributed by atoms with van der Waals surface area (Å²) < 4.78 is 0. The van der Waals surface area contributed by atoms with E-state index in [1.54, 1.807) is 0 Å². The molecular weight excluding hydrogens is 254 g/mol. The smallest absolute Gasteiger partial charge is 0.0419 e. The van der Waals surface area contributed by atoms with E-state index in [1.807, 2.05) is 30.1 Å². The zero-order valence-corrected chi connectivity index (χ0v) is 11.4. The summed E-state index contributed by atoms with van der Waals surface area (Å²) in [7, 11) is 0. The monoisotopic (exact) mass is 271 g/mol. The fourth-order valence-corrected chi connectivity index (χ4v) is 3.91. The number of thioether (sulfide) groups is 1. The van der Waals surface area contributed by atoms with E-state index in [9.17, 15) is 0 Å². The van der Waals surface area contributed by atoms with Crippen molar-refractivity contribution in [3.8, 4) is 0 Å². The van der Waals surface area contributed by atoms with Gasteiger partial charge in [-0.1, -0.05) is 24.3 Å². The molecule has 0 aliphatic carbocycles. The van der Waals surface area contributed by atoms with Crippen LogP contribution in [0.5, 0.6) is 0 Å². The van der Waals surface area contributed by atoms with Crippen molar-refractivity contribution in [3.63, 3.8) is 0 Å². The Hall–Kier alpha value is -1.36. The third-order valence-electron chi connectivity index (χ3n) is 3.59. The number of nitrogens with one attached hydrogen (secondary N) is 1. The summed E-state index contributed by atoms with van der Waals surface area (Å²) in [4.78, 5) is 5.77. The number of aromatic nitrogens is 1. The molecule has 2 unspecified atom stereocenters. The van der Waals surface area contributed by atoms with E-state index < -0.39 is 0 Å². The van der Waals surface area contributed by atoms with Crippen LogP contribution in [0.25, 0.3) is 0 Å². The lowest BCUT2D eigenvalue weighted by Crippen LogP contribution is -2.41. The highest BCUT2D eigenvalue weighted by atomic mass is 32.2. The molecule has 1 aliphatic heterocycles. The standard InChI is InChI=1S/C15H17N3S/c16-18-14(9-11-5-3-4-8-17-11)13-10-19-15-7-2-1-6-12(13)15/h1-8,13-14,18H,9-10,16H2. The van der Waals surface area contributed by atoms with Crippen LogP contribution in [0, 0.1) is 0 Å². The molecule has 3 N–H and O–H groups in total. The van der Waals surface area contributed by atoms with Gasteiger partial charge in [0.2, 0.25) is 0 Å². The van der Waals surface area contributed by atoms with Gasteiger partial charge in [-0.05, 0) is 23.8 Å². The largest absolute Gasteiger partial charge is 0.271 e. The maximum atomic E-state index is 5.77. The molecule has 4 heteroatoms. The fourth-order valence-electron chi connectivity index (χ4n) is 2.58. The van der Waals surface area contributed by atoms with Crippen molar-refractivity contribution in [3.05, 3.63) is 59.9 Å². The van der Waals surface area contributed by atoms with Gasteiger partial charge in [0.1, 0.15) is 0 Å². The maximum Gasteiger partial charge on any atom is 0.0419 e. The molecule has 3 nitrogen and oxygen atoms in total. The number of pyridine rings is 1. The van der Waals surface area contributed by atoms with Crippen molar-refractivity contribution in [1.82, 2.24) is 10.4 Å². The zero-order valence-electron chi connectivity index (χ0n) is 10.6. The van der Waals surface area contributed by atoms with Gasteiger partial charge in [0.15, 0.2) is 0 Å². The SMILES string of the molecule is NNC(Cc1ccccn1)C1CSc2ccccc21. The van der Waals surface area contributed by atoms with Crippen molar-refractivity contribution in [1.29, 1.82) is 0 Å². The van der Waals surface area contributed by atoms with Gasteiger partial charge in [-0.15, -0.1) is 11.8 Å². The molecule has 0 amide bonds. The number of fused-ring (bicyclic) bond motifs is 1. The zero-order chi connectivity index (χ0) is 13.1. The molecule has 2 aromatic rings. The van der Waals surface area contributed by atoms with Gasteiger partial charge in [-0.2, -0.15) is 0 Å². The van der Waals surface area contributed by atoms with E-state index in [1.165, 1.54) is 10.5 Å². The summed E-state index contributed by atoms with van der Waals surface area (Å²) >= 11 is 1.91. The van der Waals surface area contributed by atoms with E-state index >= 15 is 0 Å². The summed E-state index contributed by atoms with van der Waals surface area (Å²) in [5, 5.41) is 0. The molecule has 0 fully saturated rings. The number of hydrazine groups is 1. The first-order chi connectivity index (χ1) is 9.38. The normalized spacial score (nSPS) is 19.1. The van der Waals surface area contributed by atoms with E-state index in [0.717, 1.165) is 17.9 Å². The summed E-state index contributed by atoms with van der Waals surface area (Å²) in [6, 6.07) is 14.8. The van der Waals surface area contributed by atoms with Crippen molar-refractivity contribution in [2.75, 3.05) is 5.75 Å².